The minimum absolute atomic E-state index is 0.385. The molecule has 3 atom stereocenters. The SMILES string of the molecule is CSCC[C@H](NN1CCC[C@H]1C(=O)O)C(=O)O.N[C@@H](Cc1ccccc1)C(=O)O. The Morgan fingerprint density at radius 3 is 2.38 bits per heavy atom. The van der Waals surface area contributed by atoms with Gasteiger partial charge in [0.25, 0.3) is 0 Å². The number of benzene rings is 1. The van der Waals surface area contributed by atoms with Gasteiger partial charge < -0.3 is 21.1 Å². The largest absolute Gasteiger partial charge is 0.480 e. The fraction of sp³-hybridized carbons (Fsp3) is 0.526. The van der Waals surface area contributed by atoms with Crippen LogP contribution in [0.4, 0.5) is 0 Å². The molecule has 0 aromatic heterocycles. The predicted octanol–water partition coefficient (Wildman–Crippen LogP) is 0.887. The van der Waals surface area contributed by atoms with Gasteiger partial charge in [0, 0.05) is 6.54 Å². The minimum atomic E-state index is -0.959. The van der Waals surface area contributed by atoms with Gasteiger partial charge in [-0.2, -0.15) is 11.8 Å². The van der Waals surface area contributed by atoms with Crippen molar-refractivity contribution >= 4 is 29.7 Å². The fourth-order valence-electron chi connectivity index (χ4n) is 2.81. The van der Waals surface area contributed by atoms with Gasteiger partial charge in [0.2, 0.25) is 0 Å². The van der Waals surface area contributed by atoms with Crippen LogP contribution in [0.2, 0.25) is 0 Å². The van der Waals surface area contributed by atoms with Crippen LogP contribution in [0.1, 0.15) is 24.8 Å². The highest BCUT2D eigenvalue weighted by molar-refractivity contribution is 7.98. The fourth-order valence-corrected chi connectivity index (χ4v) is 3.28. The van der Waals surface area contributed by atoms with E-state index in [0.717, 1.165) is 17.7 Å². The number of hydrogen-bond acceptors (Lipinski definition) is 7. The van der Waals surface area contributed by atoms with E-state index in [0.29, 0.717) is 25.8 Å². The standard InChI is InChI=1S/C10H18N2O4S.C9H11NO2/c1-17-6-4-7(9(13)14)11-12-5-2-3-8(12)10(15)16;10-8(9(11)12)6-7-4-2-1-3-5-7/h7-8,11H,2-6H2,1H3,(H,13,14)(H,15,16);1-5,8H,6,10H2,(H,11,12)/t7-,8-;8-/m00/s1. The number of aliphatic carboxylic acids is 3. The molecule has 1 saturated heterocycles. The minimum Gasteiger partial charge on any atom is -0.480 e. The van der Waals surface area contributed by atoms with E-state index in [4.69, 9.17) is 21.1 Å². The molecule has 162 valence electrons. The molecule has 0 aliphatic carbocycles. The van der Waals surface area contributed by atoms with Crippen molar-refractivity contribution < 1.29 is 29.7 Å². The molecule has 6 N–H and O–H groups in total. The summed E-state index contributed by atoms with van der Waals surface area (Å²) in [5.74, 6) is -2.06. The number of nitrogens with zero attached hydrogens (tertiary/aromatic N) is 1. The third kappa shape index (κ3) is 9.27. The lowest BCUT2D eigenvalue weighted by molar-refractivity contribution is -0.147. The van der Waals surface area contributed by atoms with Crippen LogP contribution in [0.5, 0.6) is 0 Å². The molecule has 1 aliphatic heterocycles. The zero-order chi connectivity index (χ0) is 21.8. The number of carboxylic acids is 3. The van der Waals surface area contributed by atoms with Gasteiger partial charge in [0.15, 0.2) is 0 Å². The highest BCUT2D eigenvalue weighted by Crippen LogP contribution is 2.16. The van der Waals surface area contributed by atoms with E-state index in [1.807, 2.05) is 36.6 Å². The monoisotopic (exact) mass is 427 g/mol. The number of hydrogen-bond donors (Lipinski definition) is 5. The summed E-state index contributed by atoms with van der Waals surface area (Å²) in [4.78, 5) is 32.3. The van der Waals surface area contributed by atoms with Crippen molar-refractivity contribution in [2.75, 3.05) is 18.6 Å². The number of nitrogens with two attached hydrogens (primary N) is 1. The second kappa shape index (κ2) is 13.2. The van der Waals surface area contributed by atoms with Gasteiger partial charge in [-0.15, -0.1) is 0 Å². The molecule has 0 bridgehead atoms. The Labute approximate surface area is 174 Å². The van der Waals surface area contributed by atoms with Crippen molar-refractivity contribution in [3.8, 4) is 0 Å². The summed E-state index contributed by atoms with van der Waals surface area (Å²) in [7, 11) is 0. The van der Waals surface area contributed by atoms with Gasteiger partial charge in [-0.3, -0.25) is 14.4 Å². The van der Waals surface area contributed by atoms with E-state index < -0.39 is 36.0 Å². The number of nitrogens with one attached hydrogen (secondary N) is 1. The summed E-state index contributed by atoms with van der Waals surface area (Å²) in [6, 6.07) is 7.23. The first-order valence-electron chi connectivity index (χ1n) is 9.26. The van der Waals surface area contributed by atoms with Crippen LogP contribution in [0.15, 0.2) is 30.3 Å². The zero-order valence-corrected chi connectivity index (χ0v) is 17.2. The van der Waals surface area contributed by atoms with Gasteiger partial charge in [-0.25, -0.2) is 10.4 Å². The summed E-state index contributed by atoms with van der Waals surface area (Å²) >= 11 is 1.57. The van der Waals surface area contributed by atoms with Crippen LogP contribution in [0.3, 0.4) is 0 Å². The maximum atomic E-state index is 11.0. The molecule has 0 saturated carbocycles. The lowest BCUT2D eigenvalue weighted by Gasteiger charge is -2.26. The molecule has 0 radical (unpaired) electrons. The van der Waals surface area contributed by atoms with E-state index in [-0.39, 0.29) is 0 Å². The quantitative estimate of drug-likeness (QED) is 0.364. The van der Waals surface area contributed by atoms with Crippen LogP contribution < -0.4 is 11.2 Å². The number of rotatable bonds is 10. The molecule has 10 heteroatoms. The molecule has 1 aromatic rings. The van der Waals surface area contributed by atoms with Gasteiger partial charge in [-0.1, -0.05) is 30.3 Å². The average molecular weight is 428 g/mol. The maximum Gasteiger partial charge on any atom is 0.322 e. The first-order valence-corrected chi connectivity index (χ1v) is 10.6. The van der Waals surface area contributed by atoms with E-state index in [1.165, 1.54) is 0 Å². The molecule has 1 aliphatic rings. The molecule has 1 heterocycles. The lowest BCUT2D eigenvalue weighted by Crippen LogP contribution is -2.52. The first kappa shape index (κ1) is 24.9. The summed E-state index contributed by atoms with van der Waals surface area (Å²) in [6.07, 6.45) is 4.13. The van der Waals surface area contributed by atoms with Crippen molar-refractivity contribution in [1.29, 1.82) is 0 Å². The first-order chi connectivity index (χ1) is 13.8. The number of hydrazine groups is 1. The summed E-state index contributed by atoms with van der Waals surface area (Å²) in [5.41, 5.74) is 9.12. The third-order valence-corrected chi connectivity index (χ3v) is 5.03. The van der Waals surface area contributed by atoms with Crippen molar-refractivity contribution in [1.82, 2.24) is 10.4 Å². The Kier molecular flexibility index (Phi) is 11.3. The number of carboxylic acid groups (broad SMARTS) is 3. The highest BCUT2D eigenvalue weighted by atomic mass is 32.2. The molecule has 0 amide bonds. The van der Waals surface area contributed by atoms with Crippen LogP contribution in [-0.4, -0.2) is 74.9 Å². The second-order valence-electron chi connectivity index (χ2n) is 6.63. The maximum absolute atomic E-state index is 11.0. The van der Waals surface area contributed by atoms with E-state index >= 15 is 0 Å². The van der Waals surface area contributed by atoms with Crippen LogP contribution in [0.25, 0.3) is 0 Å². The molecule has 2 rings (SSSR count). The molecule has 0 spiro atoms. The van der Waals surface area contributed by atoms with Gasteiger partial charge in [-0.05, 0) is 43.3 Å². The Bertz CT molecular complexity index is 661. The Morgan fingerprint density at radius 2 is 1.86 bits per heavy atom. The molecule has 1 fully saturated rings. The van der Waals surface area contributed by atoms with E-state index in [2.05, 4.69) is 5.43 Å². The van der Waals surface area contributed by atoms with Crippen molar-refractivity contribution in [3.05, 3.63) is 35.9 Å². The van der Waals surface area contributed by atoms with Crippen LogP contribution in [-0.2, 0) is 20.8 Å². The van der Waals surface area contributed by atoms with Gasteiger partial charge >= 0.3 is 17.9 Å². The summed E-state index contributed by atoms with van der Waals surface area (Å²) in [5, 5.41) is 28.1. The smallest absolute Gasteiger partial charge is 0.322 e. The Hall–Kier alpha value is -2.14. The number of carbonyl (C=O) groups is 3. The molecule has 9 nitrogen and oxygen atoms in total. The lowest BCUT2D eigenvalue weighted by atomic mass is 10.1. The van der Waals surface area contributed by atoms with Gasteiger partial charge in [0.05, 0.1) is 0 Å². The van der Waals surface area contributed by atoms with Crippen molar-refractivity contribution in [2.45, 2.75) is 43.8 Å². The predicted molar refractivity (Wildman–Crippen MR) is 111 cm³/mol. The molecular weight excluding hydrogens is 398 g/mol. The summed E-state index contributed by atoms with van der Waals surface area (Å²) in [6.45, 7) is 0.583. The van der Waals surface area contributed by atoms with E-state index in [1.54, 1.807) is 16.8 Å². The molecule has 0 unspecified atom stereocenters. The normalized spacial score (nSPS) is 18.3. The van der Waals surface area contributed by atoms with Crippen LogP contribution in [0, 0.1) is 0 Å². The Balaban J connectivity index is 0.000000308. The zero-order valence-electron chi connectivity index (χ0n) is 16.4. The topological polar surface area (TPSA) is 153 Å². The van der Waals surface area contributed by atoms with Crippen molar-refractivity contribution in [2.24, 2.45) is 5.73 Å². The van der Waals surface area contributed by atoms with Gasteiger partial charge in [0.1, 0.15) is 18.1 Å². The molecule has 29 heavy (non-hydrogen) atoms. The molecular formula is C19H29N3O6S. The molecule has 1 aromatic carbocycles. The van der Waals surface area contributed by atoms with Crippen LogP contribution >= 0.6 is 11.8 Å². The highest BCUT2D eigenvalue weighted by Gasteiger charge is 2.33. The average Bonchev–Trinajstić information content (AvgIpc) is 3.14. The summed E-state index contributed by atoms with van der Waals surface area (Å²) < 4.78 is 0. The Morgan fingerprint density at radius 1 is 1.21 bits per heavy atom. The number of thioether (sulfide) groups is 1. The van der Waals surface area contributed by atoms with Crippen molar-refractivity contribution in [3.63, 3.8) is 0 Å². The second-order valence-corrected chi connectivity index (χ2v) is 7.61. The van der Waals surface area contributed by atoms with E-state index in [9.17, 15) is 14.4 Å². The third-order valence-electron chi connectivity index (χ3n) is 4.38.